The summed E-state index contributed by atoms with van der Waals surface area (Å²) in [6.45, 7) is 4.72. The van der Waals surface area contributed by atoms with E-state index in [9.17, 15) is 4.79 Å². The van der Waals surface area contributed by atoms with Gasteiger partial charge in [-0.05, 0) is 32.2 Å². The van der Waals surface area contributed by atoms with Gasteiger partial charge in [0.25, 0.3) is 5.91 Å². The standard InChI is InChI=1S/C12H19N3OS/c1-4-13-11-10(6-5-7-14-11)12(16)15-9(2)8-17-3/h5-7,9H,4,8H2,1-3H3,(H,13,14)(H,15,16). The van der Waals surface area contributed by atoms with Crippen molar-refractivity contribution in [2.75, 3.05) is 23.9 Å². The molecule has 0 saturated heterocycles. The van der Waals surface area contributed by atoms with Crippen LogP contribution in [-0.4, -0.2) is 35.5 Å². The van der Waals surface area contributed by atoms with Crippen molar-refractivity contribution in [2.45, 2.75) is 19.9 Å². The Morgan fingerprint density at radius 1 is 1.59 bits per heavy atom. The predicted molar refractivity (Wildman–Crippen MR) is 73.7 cm³/mol. The van der Waals surface area contributed by atoms with Crippen LogP contribution in [0.1, 0.15) is 24.2 Å². The molecule has 0 aliphatic carbocycles. The Hall–Kier alpha value is -1.23. The summed E-state index contributed by atoms with van der Waals surface area (Å²) < 4.78 is 0. The zero-order chi connectivity index (χ0) is 12.7. The third-order valence-corrected chi connectivity index (χ3v) is 3.02. The van der Waals surface area contributed by atoms with E-state index in [1.807, 2.05) is 20.1 Å². The average Bonchev–Trinajstić information content (AvgIpc) is 2.30. The number of hydrogen-bond donors (Lipinski definition) is 2. The van der Waals surface area contributed by atoms with E-state index in [1.165, 1.54) is 0 Å². The van der Waals surface area contributed by atoms with Crippen molar-refractivity contribution in [1.29, 1.82) is 0 Å². The molecule has 1 aromatic heterocycles. The van der Waals surface area contributed by atoms with E-state index in [-0.39, 0.29) is 11.9 Å². The number of carbonyl (C=O) groups is 1. The molecule has 94 valence electrons. The summed E-state index contributed by atoms with van der Waals surface area (Å²) in [5.74, 6) is 1.47. The van der Waals surface area contributed by atoms with Crippen LogP contribution in [0.5, 0.6) is 0 Å². The van der Waals surface area contributed by atoms with Crippen LogP contribution in [0.25, 0.3) is 0 Å². The molecule has 2 N–H and O–H groups in total. The van der Waals surface area contributed by atoms with Gasteiger partial charge in [0.15, 0.2) is 0 Å². The highest BCUT2D eigenvalue weighted by Gasteiger charge is 2.13. The Kier molecular flexibility index (Phi) is 5.83. The smallest absolute Gasteiger partial charge is 0.255 e. The molecule has 5 heteroatoms. The van der Waals surface area contributed by atoms with Crippen LogP contribution < -0.4 is 10.6 Å². The normalized spacial score (nSPS) is 11.9. The first-order chi connectivity index (χ1) is 8.19. The Labute approximate surface area is 107 Å². The Balaban J connectivity index is 2.74. The molecule has 0 aliphatic heterocycles. The Morgan fingerprint density at radius 3 is 3.00 bits per heavy atom. The first kappa shape index (κ1) is 13.8. The van der Waals surface area contributed by atoms with Crippen LogP contribution in [0.3, 0.4) is 0 Å². The highest BCUT2D eigenvalue weighted by molar-refractivity contribution is 7.98. The predicted octanol–water partition coefficient (Wildman–Crippen LogP) is 1.99. The summed E-state index contributed by atoms with van der Waals surface area (Å²) in [6, 6.07) is 3.72. The molecule has 0 spiro atoms. The molecule has 0 radical (unpaired) electrons. The van der Waals surface area contributed by atoms with Gasteiger partial charge in [-0.2, -0.15) is 11.8 Å². The maximum Gasteiger partial charge on any atom is 0.255 e. The van der Waals surface area contributed by atoms with Gasteiger partial charge in [-0.25, -0.2) is 4.98 Å². The molecule has 0 saturated carbocycles. The molecule has 1 unspecified atom stereocenters. The molecule has 0 aliphatic rings. The van der Waals surface area contributed by atoms with E-state index in [0.717, 1.165) is 12.3 Å². The number of nitrogens with one attached hydrogen (secondary N) is 2. The third-order valence-electron chi connectivity index (χ3n) is 2.19. The van der Waals surface area contributed by atoms with E-state index < -0.39 is 0 Å². The minimum Gasteiger partial charge on any atom is -0.370 e. The number of pyridine rings is 1. The molecule has 1 atom stereocenters. The number of hydrogen-bond acceptors (Lipinski definition) is 4. The zero-order valence-electron chi connectivity index (χ0n) is 10.5. The van der Waals surface area contributed by atoms with Crippen LogP contribution >= 0.6 is 11.8 Å². The molecule has 1 heterocycles. The first-order valence-electron chi connectivity index (χ1n) is 5.67. The molecule has 4 nitrogen and oxygen atoms in total. The molecule has 1 rings (SSSR count). The Morgan fingerprint density at radius 2 is 2.35 bits per heavy atom. The van der Waals surface area contributed by atoms with Gasteiger partial charge in [-0.3, -0.25) is 4.79 Å². The SMILES string of the molecule is CCNc1ncccc1C(=O)NC(C)CSC. The van der Waals surface area contributed by atoms with Crippen LogP contribution in [0.15, 0.2) is 18.3 Å². The fourth-order valence-corrected chi connectivity index (χ4v) is 2.07. The lowest BCUT2D eigenvalue weighted by Crippen LogP contribution is -2.34. The second-order valence-electron chi connectivity index (χ2n) is 3.76. The minimum absolute atomic E-state index is 0.0735. The Bertz CT molecular complexity index is 371. The minimum atomic E-state index is -0.0735. The highest BCUT2D eigenvalue weighted by Crippen LogP contribution is 2.11. The summed E-state index contributed by atoms with van der Waals surface area (Å²) >= 11 is 1.72. The van der Waals surface area contributed by atoms with Crippen molar-refractivity contribution in [3.63, 3.8) is 0 Å². The van der Waals surface area contributed by atoms with Crippen molar-refractivity contribution >= 4 is 23.5 Å². The topological polar surface area (TPSA) is 54.0 Å². The van der Waals surface area contributed by atoms with Crippen molar-refractivity contribution in [1.82, 2.24) is 10.3 Å². The molecular formula is C12H19N3OS. The monoisotopic (exact) mass is 253 g/mol. The number of anilines is 1. The fraction of sp³-hybridized carbons (Fsp3) is 0.500. The van der Waals surface area contributed by atoms with Gasteiger partial charge < -0.3 is 10.6 Å². The van der Waals surface area contributed by atoms with Crippen molar-refractivity contribution in [3.8, 4) is 0 Å². The van der Waals surface area contributed by atoms with E-state index in [4.69, 9.17) is 0 Å². The maximum atomic E-state index is 12.0. The van der Waals surface area contributed by atoms with Crippen LogP contribution in [-0.2, 0) is 0 Å². The van der Waals surface area contributed by atoms with Crippen molar-refractivity contribution in [2.24, 2.45) is 0 Å². The summed E-state index contributed by atoms with van der Waals surface area (Å²) in [6.07, 6.45) is 3.71. The number of rotatable bonds is 6. The highest BCUT2D eigenvalue weighted by atomic mass is 32.2. The number of aromatic nitrogens is 1. The van der Waals surface area contributed by atoms with Gasteiger partial charge in [0.2, 0.25) is 0 Å². The lowest BCUT2D eigenvalue weighted by molar-refractivity contribution is 0.0944. The molecular weight excluding hydrogens is 234 g/mol. The number of nitrogens with zero attached hydrogens (tertiary/aromatic N) is 1. The second-order valence-corrected chi connectivity index (χ2v) is 4.67. The van der Waals surface area contributed by atoms with Gasteiger partial charge in [0, 0.05) is 24.5 Å². The van der Waals surface area contributed by atoms with Gasteiger partial charge in [-0.15, -0.1) is 0 Å². The van der Waals surface area contributed by atoms with Crippen LogP contribution in [0.2, 0.25) is 0 Å². The number of thioether (sulfide) groups is 1. The number of carbonyl (C=O) groups excluding carboxylic acids is 1. The van der Waals surface area contributed by atoms with Crippen molar-refractivity contribution < 1.29 is 4.79 Å². The van der Waals surface area contributed by atoms with Crippen molar-refractivity contribution in [3.05, 3.63) is 23.9 Å². The summed E-state index contributed by atoms with van der Waals surface area (Å²) in [7, 11) is 0. The number of amides is 1. The quantitative estimate of drug-likeness (QED) is 0.814. The fourth-order valence-electron chi connectivity index (χ4n) is 1.49. The lowest BCUT2D eigenvalue weighted by atomic mass is 10.2. The average molecular weight is 253 g/mol. The van der Waals surface area contributed by atoms with Gasteiger partial charge in [0.05, 0.1) is 5.56 Å². The van der Waals surface area contributed by atoms with Gasteiger partial charge >= 0.3 is 0 Å². The first-order valence-corrected chi connectivity index (χ1v) is 7.07. The van der Waals surface area contributed by atoms with Gasteiger partial charge in [0.1, 0.15) is 5.82 Å². The summed E-state index contributed by atoms with van der Waals surface area (Å²) in [5.41, 5.74) is 0.599. The molecule has 0 bridgehead atoms. The second kappa shape index (κ2) is 7.17. The summed E-state index contributed by atoms with van der Waals surface area (Å²) in [5, 5.41) is 6.04. The van der Waals surface area contributed by atoms with E-state index in [0.29, 0.717) is 11.4 Å². The van der Waals surface area contributed by atoms with E-state index >= 15 is 0 Å². The molecule has 0 aromatic carbocycles. The van der Waals surface area contributed by atoms with E-state index in [1.54, 1.807) is 30.1 Å². The van der Waals surface area contributed by atoms with E-state index in [2.05, 4.69) is 15.6 Å². The van der Waals surface area contributed by atoms with Gasteiger partial charge in [-0.1, -0.05) is 0 Å². The molecule has 0 fully saturated rings. The van der Waals surface area contributed by atoms with Crippen LogP contribution in [0, 0.1) is 0 Å². The maximum absolute atomic E-state index is 12.0. The largest absolute Gasteiger partial charge is 0.370 e. The summed E-state index contributed by atoms with van der Waals surface area (Å²) in [4.78, 5) is 16.2. The lowest BCUT2D eigenvalue weighted by Gasteiger charge is -2.14. The zero-order valence-corrected chi connectivity index (χ0v) is 11.3. The molecule has 17 heavy (non-hydrogen) atoms. The molecule has 1 aromatic rings. The third kappa shape index (κ3) is 4.26. The molecule has 1 amide bonds. The van der Waals surface area contributed by atoms with Crippen LogP contribution in [0.4, 0.5) is 5.82 Å².